The molecule has 1 aliphatic heterocycles. The molecular weight excluding hydrogens is 218 g/mol. The van der Waals surface area contributed by atoms with Crippen LogP contribution in [-0.2, 0) is 14.3 Å². The Balaban J connectivity index is 2.77. The molecule has 0 spiro atoms. The minimum Gasteiger partial charge on any atom is -0.387 e. The number of rotatable bonds is 3. The van der Waals surface area contributed by atoms with Gasteiger partial charge < -0.3 is 30.5 Å². The Morgan fingerprint density at radius 2 is 1.81 bits per heavy atom. The van der Waals surface area contributed by atoms with Crippen molar-refractivity contribution in [3.63, 3.8) is 0 Å². The van der Waals surface area contributed by atoms with E-state index in [4.69, 9.17) is 15.2 Å². The average molecular weight is 235 g/mol. The highest BCUT2D eigenvalue weighted by Crippen LogP contribution is 2.22. The average Bonchev–Trinajstić information content (AvgIpc) is 2.18. The summed E-state index contributed by atoms with van der Waals surface area (Å²) >= 11 is 0. The van der Waals surface area contributed by atoms with Crippen LogP contribution >= 0.6 is 0 Å². The maximum Gasteiger partial charge on any atom is 0.249 e. The number of hydrogen-bond donors (Lipinski definition) is 4. The van der Waals surface area contributed by atoms with Crippen LogP contribution in [0.5, 0.6) is 0 Å². The van der Waals surface area contributed by atoms with Gasteiger partial charge in [-0.1, -0.05) is 0 Å². The fourth-order valence-electron chi connectivity index (χ4n) is 1.46. The van der Waals surface area contributed by atoms with Crippen LogP contribution in [0.1, 0.15) is 13.8 Å². The maximum absolute atomic E-state index is 10.9. The predicted octanol–water partition coefficient (Wildman–Crippen LogP) is -2.30. The van der Waals surface area contributed by atoms with E-state index in [0.29, 0.717) is 0 Å². The van der Waals surface area contributed by atoms with Gasteiger partial charge in [0.05, 0.1) is 6.10 Å². The highest BCUT2D eigenvalue weighted by molar-refractivity contribution is 5.79. The maximum atomic E-state index is 10.9. The molecular formula is C9H17NO6. The Bertz CT molecular complexity index is 258. The number of nitrogens with two attached hydrogens (primary N) is 1. The number of amides is 1. The standard InChI is InChI=1S/C9H17NO6/c1-3(2)15-9-6(13)4(11)5(12)7(16-9)8(10)14/h3-7,9,11-13H,1-2H3,(H2,10,14)/t4?,5-,6+,7?,9-/m0/s1. The first-order valence-electron chi connectivity index (χ1n) is 4.99. The molecule has 0 radical (unpaired) electrons. The molecule has 1 heterocycles. The summed E-state index contributed by atoms with van der Waals surface area (Å²) in [7, 11) is 0. The summed E-state index contributed by atoms with van der Waals surface area (Å²) in [6.45, 7) is 3.40. The molecule has 0 aromatic heterocycles. The topological polar surface area (TPSA) is 122 Å². The zero-order chi connectivity index (χ0) is 12.5. The molecule has 0 aromatic carbocycles. The van der Waals surface area contributed by atoms with Crippen molar-refractivity contribution >= 4 is 5.91 Å². The van der Waals surface area contributed by atoms with Gasteiger partial charge in [-0.25, -0.2) is 0 Å². The van der Waals surface area contributed by atoms with E-state index < -0.39 is 36.6 Å². The summed E-state index contributed by atoms with van der Waals surface area (Å²) < 4.78 is 10.1. The Labute approximate surface area is 92.8 Å². The molecule has 1 amide bonds. The van der Waals surface area contributed by atoms with E-state index in [-0.39, 0.29) is 6.10 Å². The van der Waals surface area contributed by atoms with Gasteiger partial charge in [-0.3, -0.25) is 4.79 Å². The smallest absolute Gasteiger partial charge is 0.249 e. The van der Waals surface area contributed by atoms with E-state index in [0.717, 1.165) is 0 Å². The second-order valence-electron chi connectivity index (χ2n) is 3.98. The minimum absolute atomic E-state index is 0.268. The van der Waals surface area contributed by atoms with Crippen LogP contribution in [-0.4, -0.2) is 58.0 Å². The van der Waals surface area contributed by atoms with Crippen LogP contribution in [0.3, 0.4) is 0 Å². The molecule has 7 nitrogen and oxygen atoms in total. The van der Waals surface area contributed by atoms with E-state index in [2.05, 4.69) is 0 Å². The lowest BCUT2D eigenvalue weighted by molar-refractivity contribution is -0.297. The number of aliphatic hydroxyl groups is 3. The normalized spacial score (nSPS) is 40.0. The van der Waals surface area contributed by atoms with E-state index in [1.54, 1.807) is 13.8 Å². The summed E-state index contributed by atoms with van der Waals surface area (Å²) in [4.78, 5) is 10.9. The number of aliphatic hydroxyl groups excluding tert-OH is 3. The van der Waals surface area contributed by atoms with Gasteiger partial charge in [0.15, 0.2) is 12.4 Å². The van der Waals surface area contributed by atoms with Gasteiger partial charge in [0, 0.05) is 0 Å². The number of ether oxygens (including phenoxy) is 2. The van der Waals surface area contributed by atoms with Crippen LogP contribution in [0.25, 0.3) is 0 Å². The monoisotopic (exact) mass is 235 g/mol. The highest BCUT2D eigenvalue weighted by Gasteiger charge is 2.46. The van der Waals surface area contributed by atoms with Gasteiger partial charge in [0.2, 0.25) is 5.91 Å². The molecule has 0 saturated carbocycles. The first kappa shape index (κ1) is 13.3. The quantitative estimate of drug-likeness (QED) is 0.436. The zero-order valence-corrected chi connectivity index (χ0v) is 9.11. The van der Waals surface area contributed by atoms with Crippen molar-refractivity contribution in [3.8, 4) is 0 Å². The highest BCUT2D eigenvalue weighted by atomic mass is 16.7. The second kappa shape index (κ2) is 5.07. The molecule has 0 bridgehead atoms. The van der Waals surface area contributed by atoms with Crippen LogP contribution < -0.4 is 5.73 Å². The fraction of sp³-hybridized carbons (Fsp3) is 0.889. The number of carbonyl (C=O) groups excluding carboxylic acids is 1. The number of carbonyl (C=O) groups is 1. The van der Waals surface area contributed by atoms with Crippen molar-refractivity contribution in [2.45, 2.75) is 50.7 Å². The molecule has 7 heteroatoms. The molecule has 0 aliphatic carbocycles. The van der Waals surface area contributed by atoms with Crippen molar-refractivity contribution in [3.05, 3.63) is 0 Å². The molecule has 5 atom stereocenters. The zero-order valence-electron chi connectivity index (χ0n) is 9.11. The Morgan fingerprint density at radius 3 is 2.25 bits per heavy atom. The van der Waals surface area contributed by atoms with Crippen LogP contribution in [0.2, 0.25) is 0 Å². The van der Waals surface area contributed by atoms with Gasteiger partial charge in [0.25, 0.3) is 0 Å². The predicted molar refractivity (Wildman–Crippen MR) is 52.1 cm³/mol. The van der Waals surface area contributed by atoms with E-state index in [9.17, 15) is 20.1 Å². The largest absolute Gasteiger partial charge is 0.387 e. The first-order valence-corrected chi connectivity index (χ1v) is 4.99. The Morgan fingerprint density at radius 1 is 1.25 bits per heavy atom. The first-order chi connectivity index (χ1) is 7.34. The van der Waals surface area contributed by atoms with E-state index >= 15 is 0 Å². The molecule has 1 saturated heterocycles. The summed E-state index contributed by atoms with van der Waals surface area (Å²) in [5.41, 5.74) is 4.99. The van der Waals surface area contributed by atoms with Crippen molar-refractivity contribution in [2.75, 3.05) is 0 Å². The van der Waals surface area contributed by atoms with Gasteiger partial charge >= 0.3 is 0 Å². The third kappa shape index (κ3) is 2.69. The summed E-state index contributed by atoms with van der Waals surface area (Å²) in [6, 6.07) is 0. The Hall–Kier alpha value is -0.730. The fourth-order valence-corrected chi connectivity index (χ4v) is 1.46. The van der Waals surface area contributed by atoms with Crippen molar-refractivity contribution in [1.82, 2.24) is 0 Å². The molecule has 0 aromatic rings. The number of hydrogen-bond acceptors (Lipinski definition) is 6. The van der Waals surface area contributed by atoms with E-state index in [1.807, 2.05) is 0 Å². The van der Waals surface area contributed by atoms with Gasteiger partial charge in [-0.2, -0.15) is 0 Å². The summed E-state index contributed by atoms with van der Waals surface area (Å²) in [5, 5.41) is 28.5. The number of primary amides is 1. The lowest BCUT2D eigenvalue weighted by atomic mass is 9.98. The molecule has 1 fully saturated rings. The van der Waals surface area contributed by atoms with Crippen LogP contribution in [0.4, 0.5) is 0 Å². The summed E-state index contributed by atoms with van der Waals surface area (Å²) in [6.07, 6.45) is -7.35. The van der Waals surface area contributed by atoms with E-state index in [1.165, 1.54) is 0 Å². The van der Waals surface area contributed by atoms with Crippen LogP contribution in [0, 0.1) is 0 Å². The van der Waals surface area contributed by atoms with Gasteiger partial charge in [-0.15, -0.1) is 0 Å². The molecule has 16 heavy (non-hydrogen) atoms. The lowest BCUT2D eigenvalue weighted by Crippen LogP contribution is -2.61. The lowest BCUT2D eigenvalue weighted by Gasteiger charge is -2.39. The second-order valence-corrected chi connectivity index (χ2v) is 3.98. The van der Waals surface area contributed by atoms with Gasteiger partial charge in [-0.05, 0) is 13.8 Å². The molecule has 2 unspecified atom stereocenters. The van der Waals surface area contributed by atoms with Crippen molar-refractivity contribution in [1.29, 1.82) is 0 Å². The Kier molecular flexibility index (Phi) is 4.22. The van der Waals surface area contributed by atoms with Crippen molar-refractivity contribution in [2.24, 2.45) is 5.73 Å². The summed E-state index contributed by atoms with van der Waals surface area (Å²) in [5.74, 6) is -0.921. The van der Waals surface area contributed by atoms with Gasteiger partial charge in [0.1, 0.15) is 18.3 Å². The van der Waals surface area contributed by atoms with Crippen LogP contribution in [0.15, 0.2) is 0 Å². The third-order valence-electron chi connectivity index (χ3n) is 2.26. The molecule has 94 valence electrons. The molecule has 1 rings (SSSR count). The minimum atomic E-state index is -1.56. The molecule has 1 aliphatic rings. The SMILES string of the molecule is CC(C)O[C@H]1OC(C(N)=O)[C@@H](O)C(O)[C@H]1O. The van der Waals surface area contributed by atoms with Crippen molar-refractivity contribution < 1.29 is 29.6 Å². The third-order valence-corrected chi connectivity index (χ3v) is 2.26. The molecule has 5 N–H and O–H groups in total.